The third kappa shape index (κ3) is 3.80. The number of carbonyl (C=O) groups is 1. The van der Waals surface area contributed by atoms with E-state index in [0.29, 0.717) is 12.3 Å². The fourth-order valence-corrected chi connectivity index (χ4v) is 1.83. The van der Waals surface area contributed by atoms with Gasteiger partial charge in [0, 0.05) is 13.5 Å². The molecule has 1 fully saturated rings. The second-order valence-electron chi connectivity index (χ2n) is 4.43. The molecular weight excluding hydrogens is 192 g/mol. The van der Waals surface area contributed by atoms with Gasteiger partial charge in [-0.1, -0.05) is 0 Å². The summed E-state index contributed by atoms with van der Waals surface area (Å²) in [5.74, 6) is 0.801. The quantitative estimate of drug-likeness (QED) is 0.688. The van der Waals surface area contributed by atoms with Crippen LogP contribution in [-0.4, -0.2) is 48.7 Å². The minimum absolute atomic E-state index is 0.0349. The largest absolute Gasteiger partial charge is 0.394 e. The van der Waals surface area contributed by atoms with Crippen molar-refractivity contribution >= 4 is 5.91 Å². The van der Waals surface area contributed by atoms with E-state index >= 15 is 0 Å². The zero-order valence-corrected chi connectivity index (χ0v) is 9.70. The molecule has 1 aliphatic heterocycles. The third-order valence-electron chi connectivity index (χ3n) is 3.25. The maximum absolute atomic E-state index is 11.7. The lowest BCUT2D eigenvalue weighted by Crippen LogP contribution is -2.37. The van der Waals surface area contributed by atoms with Crippen LogP contribution in [0.25, 0.3) is 0 Å². The molecule has 1 rings (SSSR count). The number of aliphatic hydroxyl groups is 1. The molecule has 0 bridgehead atoms. The molecule has 2 N–H and O–H groups in total. The van der Waals surface area contributed by atoms with Gasteiger partial charge in [-0.2, -0.15) is 0 Å². The lowest BCUT2D eigenvalue weighted by Gasteiger charge is -2.23. The van der Waals surface area contributed by atoms with E-state index in [4.69, 9.17) is 5.11 Å². The Morgan fingerprint density at radius 3 is 2.93 bits per heavy atom. The van der Waals surface area contributed by atoms with E-state index in [1.54, 1.807) is 11.9 Å². The van der Waals surface area contributed by atoms with Gasteiger partial charge in [-0.15, -0.1) is 0 Å². The maximum atomic E-state index is 11.7. The second kappa shape index (κ2) is 6.08. The number of hydrogen-bond acceptors (Lipinski definition) is 3. The Balaban J connectivity index is 2.22. The molecule has 0 aromatic carbocycles. The van der Waals surface area contributed by atoms with Crippen LogP contribution < -0.4 is 5.32 Å². The highest BCUT2D eigenvalue weighted by atomic mass is 16.3. The number of aliphatic hydroxyl groups excluding tert-OH is 1. The third-order valence-corrected chi connectivity index (χ3v) is 3.25. The number of amides is 1. The van der Waals surface area contributed by atoms with Gasteiger partial charge in [0.2, 0.25) is 5.91 Å². The first-order valence-corrected chi connectivity index (χ1v) is 5.72. The van der Waals surface area contributed by atoms with Gasteiger partial charge in [-0.3, -0.25) is 4.79 Å². The Morgan fingerprint density at radius 1 is 1.67 bits per heavy atom. The fourth-order valence-electron chi connectivity index (χ4n) is 1.83. The molecule has 0 radical (unpaired) electrons. The minimum Gasteiger partial charge on any atom is -0.394 e. The van der Waals surface area contributed by atoms with E-state index in [0.717, 1.165) is 19.5 Å². The molecule has 1 heterocycles. The molecule has 15 heavy (non-hydrogen) atoms. The summed E-state index contributed by atoms with van der Waals surface area (Å²) in [6, 6.07) is -0.0702. The molecule has 0 aromatic rings. The predicted octanol–water partition coefficient (Wildman–Crippen LogP) is 0.215. The lowest BCUT2D eigenvalue weighted by atomic mass is 10.0. The highest BCUT2D eigenvalue weighted by Crippen LogP contribution is 2.15. The van der Waals surface area contributed by atoms with Crippen LogP contribution in [0.1, 0.15) is 26.2 Å². The summed E-state index contributed by atoms with van der Waals surface area (Å²) in [5, 5.41) is 12.2. The monoisotopic (exact) mass is 214 g/mol. The van der Waals surface area contributed by atoms with Gasteiger partial charge in [0.1, 0.15) is 0 Å². The van der Waals surface area contributed by atoms with Gasteiger partial charge < -0.3 is 15.3 Å². The molecule has 1 saturated heterocycles. The molecule has 1 amide bonds. The van der Waals surface area contributed by atoms with Crippen LogP contribution in [0.2, 0.25) is 0 Å². The fraction of sp³-hybridized carbons (Fsp3) is 0.909. The average Bonchev–Trinajstić information content (AvgIpc) is 2.76. The Kier molecular flexibility index (Phi) is 5.05. The van der Waals surface area contributed by atoms with Gasteiger partial charge in [-0.25, -0.2) is 0 Å². The van der Waals surface area contributed by atoms with E-state index in [9.17, 15) is 4.79 Å². The molecule has 2 unspecified atom stereocenters. The summed E-state index contributed by atoms with van der Waals surface area (Å²) in [6.07, 6.45) is 2.76. The summed E-state index contributed by atoms with van der Waals surface area (Å²) in [5.41, 5.74) is 0. The normalized spacial score (nSPS) is 22.7. The maximum Gasteiger partial charge on any atom is 0.222 e. The summed E-state index contributed by atoms with van der Waals surface area (Å²) in [4.78, 5) is 13.3. The Labute approximate surface area is 91.6 Å². The van der Waals surface area contributed by atoms with Gasteiger partial charge in [0.25, 0.3) is 0 Å². The topological polar surface area (TPSA) is 52.6 Å². The molecule has 4 nitrogen and oxygen atoms in total. The Bertz CT molecular complexity index is 203. The first-order chi connectivity index (χ1) is 7.15. The minimum atomic E-state index is -0.0702. The number of likely N-dealkylation sites (N-methyl/N-ethyl adjacent to an activating group) is 1. The number of rotatable bonds is 5. The standard InChI is InChI=1S/C11H22N2O2/c1-9(8-14)13(2)11(15)4-3-10-5-6-12-7-10/h9-10,12,14H,3-8H2,1-2H3. The van der Waals surface area contributed by atoms with Crippen molar-refractivity contribution in [3.05, 3.63) is 0 Å². The van der Waals surface area contributed by atoms with Crippen molar-refractivity contribution < 1.29 is 9.90 Å². The average molecular weight is 214 g/mol. The number of carbonyl (C=O) groups excluding carboxylic acids is 1. The van der Waals surface area contributed by atoms with Crippen LogP contribution in [0.4, 0.5) is 0 Å². The molecular formula is C11H22N2O2. The van der Waals surface area contributed by atoms with Crippen LogP contribution >= 0.6 is 0 Å². The first-order valence-electron chi connectivity index (χ1n) is 5.72. The van der Waals surface area contributed by atoms with Crippen LogP contribution in [-0.2, 0) is 4.79 Å². The van der Waals surface area contributed by atoms with Gasteiger partial charge in [-0.05, 0) is 38.8 Å². The van der Waals surface area contributed by atoms with Crippen molar-refractivity contribution in [3.63, 3.8) is 0 Å². The SMILES string of the molecule is CC(CO)N(C)C(=O)CCC1CCNC1. The van der Waals surface area contributed by atoms with Crippen molar-refractivity contribution in [3.8, 4) is 0 Å². The molecule has 0 saturated carbocycles. The van der Waals surface area contributed by atoms with Crippen molar-refractivity contribution in [1.82, 2.24) is 10.2 Å². The Hall–Kier alpha value is -0.610. The number of nitrogens with one attached hydrogen (secondary N) is 1. The predicted molar refractivity (Wildman–Crippen MR) is 59.5 cm³/mol. The highest BCUT2D eigenvalue weighted by molar-refractivity contribution is 5.76. The van der Waals surface area contributed by atoms with Crippen LogP contribution in [0, 0.1) is 5.92 Å². The van der Waals surface area contributed by atoms with E-state index in [2.05, 4.69) is 5.32 Å². The van der Waals surface area contributed by atoms with Gasteiger partial charge >= 0.3 is 0 Å². The Morgan fingerprint density at radius 2 is 2.40 bits per heavy atom. The summed E-state index contributed by atoms with van der Waals surface area (Å²) >= 11 is 0. The molecule has 1 aliphatic rings. The van der Waals surface area contributed by atoms with Crippen LogP contribution in [0.15, 0.2) is 0 Å². The van der Waals surface area contributed by atoms with E-state index in [1.165, 1.54) is 6.42 Å². The second-order valence-corrected chi connectivity index (χ2v) is 4.43. The smallest absolute Gasteiger partial charge is 0.222 e. The zero-order chi connectivity index (χ0) is 11.3. The van der Waals surface area contributed by atoms with E-state index < -0.39 is 0 Å². The van der Waals surface area contributed by atoms with Gasteiger partial charge in [0.05, 0.1) is 12.6 Å². The van der Waals surface area contributed by atoms with Crippen molar-refractivity contribution in [2.75, 3.05) is 26.7 Å². The van der Waals surface area contributed by atoms with Crippen molar-refractivity contribution in [1.29, 1.82) is 0 Å². The van der Waals surface area contributed by atoms with Crippen molar-refractivity contribution in [2.24, 2.45) is 5.92 Å². The number of nitrogens with zero attached hydrogens (tertiary/aromatic N) is 1. The summed E-state index contributed by atoms with van der Waals surface area (Å²) in [6.45, 7) is 4.02. The van der Waals surface area contributed by atoms with Crippen LogP contribution in [0.3, 0.4) is 0 Å². The summed E-state index contributed by atoms with van der Waals surface area (Å²) in [7, 11) is 1.76. The molecule has 88 valence electrons. The molecule has 0 spiro atoms. The zero-order valence-electron chi connectivity index (χ0n) is 9.70. The molecule has 0 aliphatic carbocycles. The van der Waals surface area contributed by atoms with Crippen molar-refractivity contribution in [2.45, 2.75) is 32.2 Å². The first kappa shape index (κ1) is 12.5. The lowest BCUT2D eigenvalue weighted by molar-refractivity contribution is -0.132. The van der Waals surface area contributed by atoms with Gasteiger partial charge in [0.15, 0.2) is 0 Å². The molecule has 4 heteroatoms. The van der Waals surface area contributed by atoms with E-state index in [-0.39, 0.29) is 18.6 Å². The number of hydrogen-bond donors (Lipinski definition) is 2. The van der Waals surface area contributed by atoms with E-state index in [1.807, 2.05) is 6.92 Å². The molecule has 0 aromatic heterocycles. The van der Waals surface area contributed by atoms with Crippen LogP contribution in [0.5, 0.6) is 0 Å². The molecule has 2 atom stereocenters. The highest BCUT2D eigenvalue weighted by Gasteiger charge is 2.19. The summed E-state index contributed by atoms with van der Waals surface area (Å²) < 4.78 is 0.